The third-order valence-electron chi connectivity index (χ3n) is 3.24. The van der Waals surface area contributed by atoms with E-state index in [1.165, 1.54) is 6.07 Å². The molecule has 1 aliphatic heterocycles. The van der Waals surface area contributed by atoms with Gasteiger partial charge in [0.1, 0.15) is 17.7 Å². The lowest BCUT2D eigenvalue weighted by molar-refractivity contribution is -0.123. The summed E-state index contributed by atoms with van der Waals surface area (Å²) in [6.45, 7) is 1.11. The summed E-state index contributed by atoms with van der Waals surface area (Å²) in [6.07, 6.45) is 0.759. The van der Waals surface area contributed by atoms with E-state index in [0.717, 1.165) is 18.6 Å². The van der Waals surface area contributed by atoms with Crippen molar-refractivity contribution in [2.45, 2.75) is 25.4 Å². The molecule has 2 rings (SSSR count). The van der Waals surface area contributed by atoms with Gasteiger partial charge in [-0.2, -0.15) is 0 Å². The minimum absolute atomic E-state index is 0.142. The van der Waals surface area contributed by atoms with Crippen LogP contribution in [-0.4, -0.2) is 38.0 Å². The topological polar surface area (TPSA) is 59.9 Å². The normalized spacial score (nSPS) is 17.0. The van der Waals surface area contributed by atoms with E-state index in [0.29, 0.717) is 25.3 Å². The van der Waals surface area contributed by atoms with Crippen LogP contribution in [0, 0.1) is 11.6 Å². The van der Waals surface area contributed by atoms with Gasteiger partial charge in [0.15, 0.2) is 0 Å². The Morgan fingerprint density at radius 3 is 3.05 bits per heavy atom. The molecule has 0 saturated heterocycles. The summed E-state index contributed by atoms with van der Waals surface area (Å²) in [6, 6.07) is 3.28. The maximum absolute atomic E-state index is 13.7. The molecule has 0 saturated carbocycles. The van der Waals surface area contributed by atoms with Crippen molar-refractivity contribution in [1.82, 2.24) is 5.32 Å². The van der Waals surface area contributed by atoms with Gasteiger partial charge in [0.2, 0.25) is 5.91 Å². The maximum atomic E-state index is 13.7. The van der Waals surface area contributed by atoms with Gasteiger partial charge in [-0.1, -0.05) is 5.16 Å². The Kier molecular flexibility index (Phi) is 5.83. The highest BCUT2D eigenvalue weighted by Gasteiger charge is 2.26. The van der Waals surface area contributed by atoms with Gasteiger partial charge in [0.05, 0.1) is 12.1 Å². The molecule has 1 amide bonds. The highest BCUT2D eigenvalue weighted by atomic mass is 19.1. The molecule has 0 aromatic heterocycles. The van der Waals surface area contributed by atoms with E-state index in [9.17, 15) is 13.6 Å². The molecule has 22 heavy (non-hydrogen) atoms. The van der Waals surface area contributed by atoms with Crippen LogP contribution in [0.5, 0.6) is 0 Å². The lowest BCUT2D eigenvalue weighted by atomic mass is 10.0. The lowest BCUT2D eigenvalue weighted by Crippen LogP contribution is -2.29. The van der Waals surface area contributed by atoms with E-state index in [4.69, 9.17) is 9.57 Å². The zero-order chi connectivity index (χ0) is 15.9. The summed E-state index contributed by atoms with van der Waals surface area (Å²) >= 11 is 0. The molecular formula is C15H18F2N2O3. The van der Waals surface area contributed by atoms with E-state index >= 15 is 0 Å². The fourth-order valence-corrected chi connectivity index (χ4v) is 2.14. The van der Waals surface area contributed by atoms with Crippen LogP contribution in [0.4, 0.5) is 8.78 Å². The predicted molar refractivity (Wildman–Crippen MR) is 76.5 cm³/mol. The van der Waals surface area contributed by atoms with E-state index in [2.05, 4.69) is 10.5 Å². The van der Waals surface area contributed by atoms with Crippen LogP contribution in [0.2, 0.25) is 0 Å². The van der Waals surface area contributed by atoms with Crippen molar-refractivity contribution < 1.29 is 23.1 Å². The predicted octanol–water partition coefficient (Wildman–Crippen LogP) is 2.00. The van der Waals surface area contributed by atoms with E-state index in [1.54, 1.807) is 7.11 Å². The molecule has 120 valence electrons. The van der Waals surface area contributed by atoms with E-state index in [-0.39, 0.29) is 17.9 Å². The molecule has 1 aromatic rings. The SMILES string of the molecule is COCCCNC(=O)CC1CC(c2ccc(F)cc2F)=NO1. The number of hydrogen-bond acceptors (Lipinski definition) is 4. The number of rotatable bonds is 7. The number of nitrogens with one attached hydrogen (secondary N) is 1. The zero-order valence-corrected chi connectivity index (χ0v) is 12.3. The van der Waals surface area contributed by atoms with Crippen LogP contribution in [0.1, 0.15) is 24.8 Å². The highest BCUT2D eigenvalue weighted by Crippen LogP contribution is 2.21. The summed E-state index contributed by atoms with van der Waals surface area (Å²) in [4.78, 5) is 16.9. The number of amides is 1. The van der Waals surface area contributed by atoms with Crippen LogP contribution in [0.15, 0.2) is 23.4 Å². The molecule has 0 bridgehead atoms. The van der Waals surface area contributed by atoms with Gasteiger partial charge in [0.25, 0.3) is 0 Å². The van der Waals surface area contributed by atoms with Crippen molar-refractivity contribution in [1.29, 1.82) is 0 Å². The number of halogens is 2. The van der Waals surface area contributed by atoms with Crippen LogP contribution in [0.3, 0.4) is 0 Å². The summed E-state index contributed by atoms with van der Waals surface area (Å²) in [5, 5.41) is 6.54. The fraction of sp³-hybridized carbons (Fsp3) is 0.467. The van der Waals surface area contributed by atoms with Crippen LogP contribution in [0.25, 0.3) is 0 Å². The number of nitrogens with zero attached hydrogens (tertiary/aromatic N) is 1. The van der Waals surface area contributed by atoms with Crippen molar-refractivity contribution in [3.8, 4) is 0 Å². The van der Waals surface area contributed by atoms with Crippen molar-refractivity contribution in [3.05, 3.63) is 35.4 Å². The smallest absolute Gasteiger partial charge is 0.223 e. The first-order chi connectivity index (χ1) is 10.6. The largest absolute Gasteiger partial charge is 0.391 e. The van der Waals surface area contributed by atoms with E-state index < -0.39 is 17.7 Å². The minimum Gasteiger partial charge on any atom is -0.391 e. The molecule has 1 aromatic carbocycles. The number of methoxy groups -OCH3 is 1. The second-order valence-corrected chi connectivity index (χ2v) is 4.99. The Morgan fingerprint density at radius 1 is 1.50 bits per heavy atom. The first-order valence-electron chi connectivity index (χ1n) is 7.04. The first-order valence-corrected chi connectivity index (χ1v) is 7.04. The third kappa shape index (κ3) is 4.49. The van der Waals surface area contributed by atoms with Gasteiger partial charge in [0, 0.05) is 38.3 Å². The average Bonchev–Trinajstić information content (AvgIpc) is 2.92. The number of ether oxygens (including phenoxy) is 1. The number of benzene rings is 1. The lowest BCUT2D eigenvalue weighted by Gasteiger charge is -2.09. The van der Waals surface area contributed by atoms with Crippen molar-refractivity contribution in [3.63, 3.8) is 0 Å². The summed E-state index contributed by atoms with van der Waals surface area (Å²) < 4.78 is 31.4. The summed E-state index contributed by atoms with van der Waals surface area (Å²) in [5.74, 6) is -1.49. The number of oxime groups is 1. The average molecular weight is 312 g/mol. The fourth-order valence-electron chi connectivity index (χ4n) is 2.14. The van der Waals surface area contributed by atoms with Gasteiger partial charge in [-0.15, -0.1) is 0 Å². The second kappa shape index (κ2) is 7.84. The molecule has 0 spiro atoms. The molecule has 1 heterocycles. The number of carbonyl (C=O) groups is 1. The monoisotopic (exact) mass is 312 g/mol. The first kappa shape index (κ1) is 16.4. The van der Waals surface area contributed by atoms with Gasteiger partial charge < -0.3 is 14.9 Å². The molecular weight excluding hydrogens is 294 g/mol. The quantitative estimate of drug-likeness (QED) is 0.783. The summed E-state index contributed by atoms with van der Waals surface area (Å²) in [7, 11) is 1.60. The molecule has 1 unspecified atom stereocenters. The maximum Gasteiger partial charge on any atom is 0.223 e. The second-order valence-electron chi connectivity index (χ2n) is 4.99. The Balaban J connectivity index is 1.80. The zero-order valence-electron chi connectivity index (χ0n) is 12.3. The standard InChI is InChI=1S/C15H18F2N2O3/c1-21-6-2-5-18-15(20)9-11-8-14(19-22-11)12-4-3-10(16)7-13(12)17/h3-4,7,11H,2,5-6,8-9H2,1H3,(H,18,20). The van der Waals surface area contributed by atoms with Gasteiger partial charge in [-0.05, 0) is 18.6 Å². The molecule has 0 fully saturated rings. The Bertz CT molecular complexity index is 564. The Morgan fingerprint density at radius 2 is 2.32 bits per heavy atom. The van der Waals surface area contributed by atoms with Crippen LogP contribution in [-0.2, 0) is 14.4 Å². The van der Waals surface area contributed by atoms with Gasteiger partial charge in [-0.3, -0.25) is 4.79 Å². The molecule has 1 N–H and O–H groups in total. The van der Waals surface area contributed by atoms with Crippen LogP contribution < -0.4 is 5.32 Å². The van der Waals surface area contributed by atoms with Crippen molar-refractivity contribution in [2.24, 2.45) is 5.16 Å². The molecule has 1 atom stereocenters. The number of hydrogen-bond donors (Lipinski definition) is 1. The Hall–Kier alpha value is -2.02. The van der Waals surface area contributed by atoms with Crippen molar-refractivity contribution in [2.75, 3.05) is 20.3 Å². The van der Waals surface area contributed by atoms with Gasteiger partial charge >= 0.3 is 0 Å². The Labute approximate surface area is 127 Å². The molecule has 7 heteroatoms. The molecule has 5 nitrogen and oxygen atoms in total. The van der Waals surface area contributed by atoms with Crippen molar-refractivity contribution >= 4 is 11.6 Å². The molecule has 1 aliphatic rings. The molecule has 0 aliphatic carbocycles. The summed E-state index contributed by atoms with van der Waals surface area (Å²) in [5.41, 5.74) is 0.582. The highest BCUT2D eigenvalue weighted by molar-refractivity contribution is 6.01. The molecule has 0 radical (unpaired) electrons. The third-order valence-corrected chi connectivity index (χ3v) is 3.24. The van der Waals surface area contributed by atoms with Gasteiger partial charge in [-0.25, -0.2) is 8.78 Å². The van der Waals surface area contributed by atoms with Crippen LogP contribution >= 0.6 is 0 Å². The minimum atomic E-state index is -0.688. The number of carbonyl (C=O) groups excluding carboxylic acids is 1. The van der Waals surface area contributed by atoms with E-state index in [1.807, 2.05) is 0 Å².